The number of hydrogen-bond acceptors (Lipinski definition) is 1. The second-order valence-corrected chi connectivity index (χ2v) is 5.95. The van der Waals surface area contributed by atoms with Crippen LogP contribution in [-0.2, 0) is 6.42 Å². The lowest BCUT2D eigenvalue weighted by atomic mass is 9.93. The van der Waals surface area contributed by atoms with Crippen LogP contribution in [0, 0.1) is 0 Å². The molecule has 0 N–H and O–H groups in total. The molecule has 0 saturated heterocycles. The minimum Gasteiger partial charge on any atom is -0.298 e. The van der Waals surface area contributed by atoms with E-state index in [1.54, 1.807) is 0 Å². The summed E-state index contributed by atoms with van der Waals surface area (Å²) in [5.41, 5.74) is 5.74. The van der Waals surface area contributed by atoms with Gasteiger partial charge in [0.2, 0.25) is 0 Å². The summed E-state index contributed by atoms with van der Waals surface area (Å²) >= 11 is 0. The molecule has 3 aromatic carbocycles. The fourth-order valence-electron chi connectivity index (χ4n) is 2.84. The number of rotatable bonds is 5. The van der Waals surface area contributed by atoms with Crippen LogP contribution in [-0.4, -0.2) is 6.29 Å². The number of carbonyl (C=O) groups is 1. The lowest BCUT2D eigenvalue weighted by Gasteiger charge is -2.12. The minimum absolute atomic E-state index is 0.508. The molecule has 0 amide bonds. The highest BCUT2D eigenvalue weighted by Gasteiger charge is 2.06. The van der Waals surface area contributed by atoms with Crippen LogP contribution >= 0.6 is 0 Å². The van der Waals surface area contributed by atoms with Gasteiger partial charge in [-0.2, -0.15) is 0 Å². The maximum Gasteiger partial charge on any atom is 0.150 e. The van der Waals surface area contributed by atoms with Gasteiger partial charge >= 0.3 is 0 Å². The van der Waals surface area contributed by atoms with Crippen molar-refractivity contribution in [2.75, 3.05) is 0 Å². The molecule has 23 heavy (non-hydrogen) atoms. The van der Waals surface area contributed by atoms with Gasteiger partial charge in [0.05, 0.1) is 0 Å². The topological polar surface area (TPSA) is 17.1 Å². The number of hydrogen-bond donors (Lipinski definition) is 0. The summed E-state index contributed by atoms with van der Waals surface area (Å²) in [7, 11) is 0. The van der Waals surface area contributed by atoms with Crippen LogP contribution in [0.2, 0.25) is 0 Å². The van der Waals surface area contributed by atoms with E-state index in [0.717, 1.165) is 18.3 Å². The van der Waals surface area contributed by atoms with E-state index in [4.69, 9.17) is 0 Å². The average molecular weight is 300 g/mol. The van der Waals surface area contributed by atoms with Crippen molar-refractivity contribution in [3.05, 3.63) is 95.6 Å². The molecule has 0 aliphatic carbocycles. The standard InChI is InChI=1S/C22H20O/c1-17(20-5-3-2-4-6-20)15-18-7-11-21(12-8-18)22-13-9-19(16-23)10-14-22/h2-14,16-17H,15H2,1H3/t17-/m0/s1. The van der Waals surface area contributed by atoms with Crippen molar-refractivity contribution < 1.29 is 4.79 Å². The van der Waals surface area contributed by atoms with Gasteiger partial charge in [0, 0.05) is 5.56 Å². The van der Waals surface area contributed by atoms with Crippen LogP contribution in [0.1, 0.15) is 34.3 Å². The van der Waals surface area contributed by atoms with E-state index in [1.807, 2.05) is 24.3 Å². The van der Waals surface area contributed by atoms with Crippen LogP contribution in [0.25, 0.3) is 11.1 Å². The second kappa shape index (κ2) is 7.06. The number of aldehydes is 1. The number of carbonyl (C=O) groups excluding carboxylic acids is 1. The van der Waals surface area contributed by atoms with E-state index in [9.17, 15) is 4.79 Å². The lowest BCUT2D eigenvalue weighted by Crippen LogP contribution is -1.98. The summed E-state index contributed by atoms with van der Waals surface area (Å²) in [4.78, 5) is 10.7. The van der Waals surface area contributed by atoms with Crippen LogP contribution in [0.3, 0.4) is 0 Å². The van der Waals surface area contributed by atoms with Crippen LogP contribution in [0.15, 0.2) is 78.9 Å². The van der Waals surface area contributed by atoms with E-state index in [0.29, 0.717) is 11.5 Å². The van der Waals surface area contributed by atoms with Gasteiger partial charge in [-0.3, -0.25) is 4.79 Å². The molecule has 0 unspecified atom stereocenters. The first-order valence-electron chi connectivity index (χ1n) is 7.96. The molecule has 1 heteroatoms. The van der Waals surface area contributed by atoms with Gasteiger partial charge < -0.3 is 0 Å². The molecule has 1 atom stereocenters. The van der Waals surface area contributed by atoms with Gasteiger partial charge in [0.25, 0.3) is 0 Å². The van der Waals surface area contributed by atoms with E-state index in [2.05, 4.69) is 61.5 Å². The SMILES string of the molecule is C[C@@H](Cc1ccc(-c2ccc(C=O)cc2)cc1)c1ccccc1. The third-order valence-corrected chi connectivity index (χ3v) is 4.24. The molecule has 0 aliphatic heterocycles. The Bertz CT molecular complexity index is 755. The van der Waals surface area contributed by atoms with E-state index >= 15 is 0 Å². The molecule has 0 spiro atoms. The predicted octanol–water partition coefficient (Wildman–Crippen LogP) is 5.51. The first-order chi connectivity index (χ1) is 11.3. The Morgan fingerprint density at radius 3 is 1.91 bits per heavy atom. The quantitative estimate of drug-likeness (QED) is 0.568. The lowest BCUT2D eigenvalue weighted by molar-refractivity contribution is 0.112. The zero-order valence-corrected chi connectivity index (χ0v) is 13.3. The fourth-order valence-corrected chi connectivity index (χ4v) is 2.84. The Morgan fingerprint density at radius 2 is 1.35 bits per heavy atom. The molecule has 0 radical (unpaired) electrons. The molecule has 3 aromatic rings. The van der Waals surface area contributed by atoms with Crippen molar-refractivity contribution >= 4 is 6.29 Å². The molecule has 0 heterocycles. The van der Waals surface area contributed by atoms with Crippen molar-refractivity contribution in [2.24, 2.45) is 0 Å². The van der Waals surface area contributed by atoms with Gasteiger partial charge in [0.1, 0.15) is 6.29 Å². The van der Waals surface area contributed by atoms with Crippen LogP contribution in [0.4, 0.5) is 0 Å². The Morgan fingerprint density at radius 1 is 0.783 bits per heavy atom. The van der Waals surface area contributed by atoms with Crippen LogP contribution < -0.4 is 0 Å². The summed E-state index contributed by atoms with van der Waals surface area (Å²) in [5.74, 6) is 0.508. The summed E-state index contributed by atoms with van der Waals surface area (Å²) < 4.78 is 0. The summed E-state index contributed by atoms with van der Waals surface area (Å²) in [5, 5.41) is 0. The molecule has 0 bridgehead atoms. The molecule has 1 nitrogen and oxygen atoms in total. The van der Waals surface area contributed by atoms with Crippen LogP contribution in [0.5, 0.6) is 0 Å². The molecule has 0 fully saturated rings. The Hall–Kier alpha value is -2.67. The second-order valence-electron chi connectivity index (χ2n) is 5.95. The molecule has 0 aliphatic rings. The van der Waals surface area contributed by atoms with Crippen molar-refractivity contribution in [1.29, 1.82) is 0 Å². The Labute approximate surface area is 137 Å². The molecule has 0 aromatic heterocycles. The van der Waals surface area contributed by atoms with E-state index in [1.165, 1.54) is 16.7 Å². The van der Waals surface area contributed by atoms with Gasteiger partial charge in [0.15, 0.2) is 0 Å². The monoisotopic (exact) mass is 300 g/mol. The van der Waals surface area contributed by atoms with E-state index < -0.39 is 0 Å². The molecular formula is C22H20O. The van der Waals surface area contributed by atoms with Gasteiger partial charge in [-0.25, -0.2) is 0 Å². The highest BCUT2D eigenvalue weighted by Crippen LogP contribution is 2.24. The molecule has 0 saturated carbocycles. The van der Waals surface area contributed by atoms with E-state index in [-0.39, 0.29) is 0 Å². The van der Waals surface area contributed by atoms with Crippen molar-refractivity contribution in [3.8, 4) is 11.1 Å². The maximum absolute atomic E-state index is 10.7. The minimum atomic E-state index is 0.508. The van der Waals surface area contributed by atoms with Gasteiger partial charge in [-0.05, 0) is 34.6 Å². The van der Waals surface area contributed by atoms with Crippen molar-refractivity contribution in [2.45, 2.75) is 19.3 Å². The third kappa shape index (κ3) is 3.75. The van der Waals surface area contributed by atoms with Crippen molar-refractivity contribution in [1.82, 2.24) is 0 Å². The summed E-state index contributed by atoms with van der Waals surface area (Å²) in [6.45, 7) is 2.27. The third-order valence-electron chi connectivity index (χ3n) is 4.24. The van der Waals surface area contributed by atoms with Gasteiger partial charge in [-0.1, -0.05) is 85.8 Å². The first kappa shape index (κ1) is 15.2. The maximum atomic E-state index is 10.7. The normalized spacial score (nSPS) is 11.9. The number of benzene rings is 3. The fraction of sp³-hybridized carbons (Fsp3) is 0.136. The zero-order chi connectivity index (χ0) is 16.1. The smallest absolute Gasteiger partial charge is 0.150 e. The highest BCUT2D eigenvalue weighted by atomic mass is 16.1. The average Bonchev–Trinajstić information content (AvgIpc) is 2.63. The Balaban J connectivity index is 1.72. The van der Waals surface area contributed by atoms with Crippen molar-refractivity contribution in [3.63, 3.8) is 0 Å². The zero-order valence-electron chi connectivity index (χ0n) is 13.3. The summed E-state index contributed by atoms with van der Waals surface area (Å²) in [6.07, 6.45) is 1.91. The largest absolute Gasteiger partial charge is 0.298 e. The predicted molar refractivity (Wildman–Crippen MR) is 95.8 cm³/mol. The first-order valence-corrected chi connectivity index (χ1v) is 7.96. The van der Waals surface area contributed by atoms with Gasteiger partial charge in [-0.15, -0.1) is 0 Å². The highest BCUT2D eigenvalue weighted by molar-refractivity contribution is 5.76. The molecular weight excluding hydrogens is 280 g/mol. The summed E-state index contributed by atoms with van der Waals surface area (Å²) in [6, 6.07) is 27.0. The Kier molecular flexibility index (Phi) is 4.68. The molecule has 114 valence electrons. The molecule has 3 rings (SSSR count).